The van der Waals surface area contributed by atoms with Crippen LogP contribution in [0.1, 0.15) is 48.2 Å². The van der Waals surface area contributed by atoms with Gasteiger partial charge in [-0.3, -0.25) is 9.59 Å². The van der Waals surface area contributed by atoms with Gasteiger partial charge < -0.3 is 20.7 Å². The van der Waals surface area contributed by atoms with E-state index in [9.17, 15) is 32.3 Å². The summed E-state index contributed by atoms with van der Waals surface area (Å²) in [5, 5.41) is 7.68. The summed E-state index contributed by atoms with van der Waals surface area (Å²) in [6.07, 6.45) is -3.43. The van der Waals surface area contributed by atoms with Gasteiger partial charge in [-0.2, -0.15) is 13.2 Å². The van der Waals surface area contributed by atoms with Gasteiger partial charge in [0.25, 0.3) is 0 Å². The minimum Gasteiger partial charge on any atom is -0.467 e. The van der Waals surface area contributed by atoms with Gasteiger partial charge in [-0.25, -0.2) is 9.59 Å². The van der Waals surface area contributed by atoms with Crippen LogP contribution < -0.4 is 16.0 Å². The van der Waals surface area contributed by atoms with E-state index >= 15 is 0 Å². The number of carbonyl (C=O) groups is 4. The van der Waals surface area contributed by atoms with Gasteiger partial charge in [-0.15, -0.1) is 0 Å². The fourth-order valence-electron chi connectivity index (χ4n) is 4.99. The smallest absolute Gasteiger partial charge is 0.416 e. The Morgan fingerprint density at radius 3 is 2.26 bits per heavy atom. The lowest BCUT2D eigenvalue weighted by Gasteiger charge is -2.25. The number of rotatable bonds is 8. The highest BCUT2D eigenvalue weighted by Gasteiger charge is 2.32. The first-order chi connectivity index (χ1) is 20.3. The number of ketones is 1. The second-order valence-electron chi connectivity index (χ2n) is 10.7. The van der Waals surface area contributed by atoms with Crippen LogP contribution in [-0.4, -0.2) is 36.8 Å². The quantitative estimate of drug-likeness (QED) is 0.259. The predicted molar refractivity (Wildman–Crippen MR) is 156 cm³/mol. The summed E-state index contributed by atoms with van der Waals surface area (Å²) in [6, 6.07) is 15.3. The second kappa shape index (κ2) is 13.1. The average molecular weight is 596 g/mol. The summed E-state index contributed by atoms with van der Waals surface area (Å²) in [7, 11) is 1.26. The Labute approximate surface area is 247 Å². The molecular weight excluding hydrogens is 563 g/mol. The van der Waals surface area contributed by atoms with Gasteiger partial charge >= 0.3 is 18.2 Å². The molecule has 8 nitrogen and oxygen atoms in total. The topological polar surface area (TPSA) is 114 Å². The molecule has 11 heteroatoms. The fourth-order valence-corrected chi connectivity index (χ4v) is 4.99. The molecular formula is C32H32F3N3O5. The normalized spacial score (nSPS) is 15.3. The largest absolute Gasteiger partial charge is 0.467 e. The summed E-state index contributed by atoms with van der Waals surface area (Å²) >= 11 is 0. The molecule has 3 N–H and O–H groups in total. The maximum Gasteiger partial charge on any atom is 0.416 e. The highest BCUT2D eigenvalue weighted by Crippen LogP contribution is 2.33. The van der Waals surface area contributed by atoms with E-state index < -0.39 is 35.7 Å². The first-order valence-electron chi connectivity index (χ1n) is 13.8. The minimum atomic E-state index is -4.52. The molecule has 43 heavy (non-hydrogen) atoms. The van der Waals surface area contributed by atoms with Crippen LogP contribution in [-0.2, 0) is 26.9 Å². The second-order valence-corrected chi connectivity index (χ2v) is 10.7. The number of aryl methyl sites for hydroxylation is 1. The number of Topliss-reactive ketones (excluding diaryl/α,β-unsaturated/α-hetero) is 1. The average Bonchev–Trinajstić information content (AvgIpc) is 2.96. The van der Waals surface area contributed by atoms with Crippen LogP contribution in [0, 0.1) is 11.8 Å². The van der Waals surface area contributed by atoms with Gasteiger partial charge in [-0.05, 0) is 65.8 Å². The molecule has 0 bridgehead atoms. The maximum absolute atomic E-state index is 13.2. The Balaban J connectivity index is 1.37. The van der Waals surface area contributed by atoms with Gasteiger partial charge in [0, 0.05) is 29.3 Å². The molecule has 4 rings (SSSR count). The molecule has 3 aromatic carbocycles. The highest BCUT2D eigenvalue weighted by atomic mass is 19.4. The number of methoxy groups -OCH3 is 1. The molecule has 0 aromatic heterocycles. The molecule has 0 saturated heterocycles. The van der Waals surface area contributed by atoms with Crippen LogP contribution in [0.3, 0.4) is 0 Å². The molecule has 3 amide bonds. The Morgan fingerprint density at radius 1 is 0.930 bits per heavy atom. The van der Waals surface area contributed by atoms with Crippen LogP contribution in [0.25, 0.3) is 11.1 Å². The third kappa shape index (κ3) is 7.79. The fraction of sp³-hybridized carbons (Fsp3) is 0.312. The van der Waals surface area contributed by atoms with Crippen LogP contribution in [0.4, 0.5) is 29.3 Å². The number of urea groups is 1. The zero-order valence-electron chi connectivity index (χ0n) is 23.9. The van der Waals surface area contributed by atoms with Crippen LogP contribution in [0.2, 0.25) is 0 Å². The SMILES string of the molecule is COC(=O)[C@@H](NC(=O)CC1CCc2cc(-c3ccc(NC(=O)Nc4cccc(C(F)(F)F)c4)cc3)ccc2C1=O)C(C)C. The Hall–Kier alpha value is -4.67. The molecule has 1 unspecified atom stereocenters. The van der Waals surface area contributed by atoms with Crippen LogP contribution in [0.15, 0.2) is 66.7 Å². The van der Waals surface area contributed by atoms with Crippen molar-refractivity contribution in [3.63, 3.8) is 0 Å². The minimum absolute atomic E-state index is 0.0105. The molecule has 0 radical (unpaired) electrons. The van der Waals surface area contributed by atoms with E-state index in [2.05, 4.69) is 16.0 Å². The molecule has 0 fully saturated rings. The van der Waals surface area contributed by atoms with Crippen molar-refractivity contribution in [1.29, 1.82) is 0 Å². The molecule has 1 aliphatic rings. The molecule has 1 aliphatic carbocycles. The molecule has 0 spiro atoms. The predicted octanol–water partition coefficient (Wildman–Crippen LogP) is 6.47. The number of amides is 3. The first-order valence-corrected chi connectivity index (χ1v) is 13.8. The standard InChI is InChI=1S/C32H32F3N3O5/c1-18(2)28(30(41)43-3)38-27(39)16-22-8-7-21-15-20(11-14-26(21)29(22)40)19-9-12-24(13-10-19)36-31(42)37-25-6-4-5-23(17-25)32(33,34)35/h4-6,9-15,17-18,22,28H,7-8,16H2,1-3H3,(H,38,39)(H2,36,37,42)/t22?,28-/m0/s1. The number of ether oxygens (including phenoxy) is 1. The maximum atomic E-state index is 13.2. The summed E-state index contributed by atoms with van der Waals surface area (Å²) in [5.74, 6) is -1.67. The zero-order chi connectivity index (χ0) is 31.3. The molecule has 3 aromatic rings. The first kappa shape index (κ1) is 31.3. The van der Waals surface area contributed by atoms with Gasteiger partial charge in [0.2, 0.25) is 5.91 Å². The Bertz CT molecular complexity index is 1520. The zero-order valence-corrected chi connectivity index (χ0v) is 23.9. The number of hydrogen-bond donors (Lipinski definition) is 3. The lowest BCUT2D eigenvalue weighted by atomic mass is 9.80. The monoisotopic (exact) mass is 595 g/mol. The van der Waals surface area contributed by atoms with Crippen LogP contribution in [0.5, 0.6) is 0 Å². The van der Waals surface area contributed by atoms with E-state index in [-0.39, 0.29) is 29.7 Å². The van der Waals surface area contributed by atoms with Gasteiger partial charge in [0.15, 0.2) is 5.78 Å². The number of carbonyl (C=O) groups excluding carboxylic acids is 4. The number of anilines is 2. The number of hydrogen-bond acceptors (Lipinski definition) is 5. The Kier molecular flexibility index (Phi) is 9.53. The third-order valence-electron chi connectivity index (χ3n) is 7.30. The van der Waals surface area contributed by atoms with E-state index in [1.54, 1.807) is 44.2 Å². The van der Waals surface area contributed by atoms with E-state index in [0.717, 1.165) is 28.8 Å². The number of alkyl halides is 3. The molecule has 0 heterocycles. The number of halogens is 3. The van der Waals surface area contributed by atoms with Crippen molar-refractivity contribution in [3.05, 3.63) is 83.4 Å². The van der Waals surface area contributed by atoms with Gasteiger partial charge in [0.1, 0.15) is 6.04 Å². The lowest BCUT2D eigenvalue weighted by molar-refractivity contribution is -0.146. The van der Waals surface area contributed by atoms with Crippen molar-refractivity contribution < 1.29 is 37.1 Å². The number of fused-ring (bicyclic) bond motifs is 1. The van der Waals surface area contributed by atoms with E-state index in [1.807, 2.05) is 12.1 Å². The summed E-state index contributed by atoms with van der Waals surface area (Å²) in [5.41, 5.74) is 2.72. The van der Waals surface area contributed by atoms with Crippen molar-refractivity contribution in [2.75, 3.05) is 17.7 Å². The van der Waals surface area contributed by atoms with E-state index in [4.69, 9.17) is 4.74 Å². The molecule has 0 saturated carbocycles. The van der Waals surface area contributed by atoms with Crippen molar-refractivity contribution >= 4 is 35.1 Å². The van der Waals surface area contributed by atoms with Crippen molar-refractivity contribution in [3.8, 4) is 11.1 Å². The Morgan fingerprint density at radius 2 is 1.60 bits per heavy atom. The van der Waals surface area contributed by atoms with Gasteiger partial charge in [-0.1, -0.05) is 50.2 Å². The number of nitrogens with one attached hydrogen (secondary N) is 3. The third-order valence-corrected chi connectivity index (χ3v) is 7.30. The number of esters is 1. The molecule has 0 aliphatic heterocycles. The van der Waals surface area contributed by atoms with Gasteiger partial charge in [0.05, 0.1) is 12.7 Å². The van der Waals surface area contributed by atoms with E-state index in [1.165, 1.54) is 19.2 Å². The van der Waals surface area contributed by atoms with Crippen LogP contribution >= 0.6 is 0 Å². The highest BCUT2D eigenvalue weighted by molar-refractivity contribution is 6.03. The number of benzene rings is 3. The summed E-state index contributed by atoms with van der Waals surface area (Å²) in [4.78, 5) is 50.1. The van der Waals surface area contributed by atoms with Crippen molar-refractivity contribution in [1.82, 2.24) is 5.32 Å². The lowest BCUT2D eigenvalue weighted by Crippen LogP contribution is -2.46. The van der Waals surface area contributed by atoms with Crippen molar-refractivity contribution in [2.45, 2.75) is 45.3 Å². The summed E-state index contributed by atoms with van der Waals surface area (Å²) in [6.45, 7) is 3.60. The molecule has 2 atom stereocenters. The van der Waals surface area contributed by atoms with Crippen molar-refractivity contribution in [2.24, 2.45) is 11.8 Å². The van der Waals surface area contributed by atoms with E-state index in [0.29, 0.717) is 24.1 Å². The summed E-state index contributed by atoms with van der Waals surface area (Å²) < 4.78 is 43.5. The molecule has 226 valence electrons.